The highest BCUT2D eigenvalue weighted by Gasteiger charge is 2.32. The lowest BCUT2D eigenvalue weighted by atomic mass is 10.2. The molecule has 0 aliphatic carbocycles. The summed E-state index contributed by atoms with van der Waals surface area (Å²) in [6.07, 6.45) is 1.92. The smallest absolute Gasteiger partial charge is 0.338 e. The molecule has 0 N–H and O–H groups in total. The van der Waals surface area contributed by atoms with Gasteiger partial charge in [-0.3, -0.25) is 9.69 Å². The van der Waals surface area contributed by atoms with Gasteiger partial charge in [-0.1, -0.05) is 6.07 Å². The third-order valence-corrected chi connectivity index (χ3v) is 6.88. The van der Waals surface area contributed by atoms with Crippen LogP contribution in [0.4, 0.5) is 5.69 Å². The van der Waals surface area contributed by atoms with Gasteiger partial charge in [-0.05, 0) is 99.6 Å². The molecule has 0 radical (unpaired) electrons. The van der Waals surface area contributed by atoms with E-state index < -0.39 is 0 Å². The lowest BCUT2D eigenvalue weighted by molar-refractivity contribution is -0.122. The summed E-state index contributed by atoms with van der Waals surface area (Å²) >= 11 is 1.37. The van der Waals surface area contributed by atoms with Gasteiger partial charge in [0.2, 0.25) is 0 Å². The zero-order valence-corrected chi connectivity index (χ0v) is 21.9. The number of thioether (sulfide) groups is 1. The first-order valence-corrected chi connectivity index (χ1v) is 12.6. The van der Waals surface area contributed by atoms with E-state index in [-0.39, 0.29) is 11.9 Å². The molecule has 7 nitrogen and oxygen atoms in total. The van der Waals surface area contributed by atoms with Gasteiger partial charge in [-0.2, -0.15) is 0 Å². The second kappa shape index (κ2) is 10.9. The van der Waals surface area contributed by atoms with E-state index in [1.165, 1.54) is 11.8 Å². The van der Waals surface area contributed by atoms with Crippen LogP contribution in [-0.2, 0) is 9.53 Å². The van der Waals surface area contributed by atoms with Crippen LogP contribution < -0.4 is 4.74 Å². The van der Waals surface area contributed by atoms with Crippen LogP contribution in [0.15, 0.2) is 64.5 Å². The summed E-state index contributed by atoms with van der Waals surface area (Å²) in [5.41, 5.74) is 5.02. The molecule has 0 bridgehead atoms. The maximum absolute atomic E-state index is 13.2. The predicted octanol–water partition coefficient (Wildman–Crippen LogP) is 5.90. The van der Waals surface area contributed by atoms with Crippen LogP contribution in [0, 0.1) is 13.8 Å². The quantitative estimate of drug-likeness (QED) is 0.296. The van der Waals surface area contributed by atoms with Crippen molar-refractivity contribution in [2.24, 2.45) is 4.99 Å². The monoisotopic (exact) mass is 503 g/mol. The molecular weight excluding hydrogens is 474 g/mol. The van der Waals surface area contributed by atoms with Gasteiger partial charge in [0.15, 0.2) is 5.17 Å². The molecule has 1 aliphatic rings. The van der Waals surface area contributed by atoms with Gasteiger partial charge in [-0.15, -0.1) is 0 Å². The third-order valence-electron chi connectivity index (χ3n) is 5.87. The number of likely N-dealkylation sites (N-methyl/N-ethyl adjacent to an activating group) is 1. The van der Waals surface area contributed by atoms with E-state index in [0.717, 1.165) is 34.1 Å². The molecule has 1 amide bonds. The molecule has 0 saturated carbocycles. The zero-order chi connectivity index (χ0) is 25.8. The van der Waals surface area contributed by atoms with E-state index in [1.54, 1.807) is 25.0 Å². The number of esters is 1. The Labute approximate surface area is 215 Å². The van der Waals surface area contributed by atoms with Crippen LogP contribution >= 0.6 is 11.8 Å². The largest absolute Gasteiger partial charge is 0.497 e. The van der Waals surface area contributed by atoms with Crippen molar-refractivity contribution in [1.82, 2.24) is 9.47 Å². The number of nitrogens with zero attached hydrogens (tertiary/aromatic N) is 3. The Bertz CT molecular complexity index is 1360. The van der Waals surface area contributed by atoms with Gasteiger partial charge < -0.3 is 14.0 Å². The number of aliphatic imine (C=N–C) groups is 1. The van der Waals surface area contributed by atoms with Crippen molar-refractivity contribution in [3.05, 3.63) is 82.0 Å². The molecule has 8 heteroatoms. The standard InChI is InChI=1S/C28H29N3O4S/c1-6-30-26(32)25(36-28(30)29-22-11-13-24(34-5)14-12-22)17-21-15-18(3)31(19(21)4)23-10-8-9-20(16-23)27(33)35-7-2/h8-17H,6-7H2,1-5H3/b25-17-,29-28?. The van der Waals surface area contributed by atoms with Crippen molar-refractivity contribution in [2.45, 2.75) is 27.7 Å². The second-order valence-corrected chi connectivity index (χ2v) is 9.19. The van der Waals surface area contributed by atoms with Crippen LogP contribution in [0.1, 0.15) is 41.2 Å². The number of amides is 1. The zero-order valence-electron chi connectivity index (χ0n) is 21.1. The van der Waals surface area contributed by atoms with Gasteiger partial charge in [0.05, 0.1) is 29.9 Å². The van der Waals surface area contributed by atoms with Crippen LogP contribution in [-0.4, -0.2) is 46.8 Å². The Hall–Kier alpha value is -3.78. The van der Waals surface area contributed by atoms with E-state index in [1.807, 2.05) is 75.4 Å². The van der Waals surface area contributed by atoms with E-state index in [9.17, 15) is 9.59 Å². The topological polar surface area (TPSA) is 73.1 Å². The Kier molecular flexibility index (Phi) is 7.64. The fourth-order valence-electron chi connectivity index (χ4n) is 4.10. The Morgan fingerprint density at radius 3 is 2.50 bits per heavy atom. The molecule has 1 aromatic heterocycles. The molecule has 0 unspecified atom stereocenters. The number of carbonyl (C=O) groups excluding carboxylic acids is 2. The minimum absolute atomic E-state index is 0.0659. The molecule has 1 fully saturated rings. The van der Waals surface area contributed by atoms with E-state index >= 15 is 0 Å². The number of aryl methyl sites for hydroxylation is 1. The average Bonchev–Trinajstić information content (AvgIpc) is 3.33. The fraction of sp³-hybridized carbons (Fsp3) is 0.250. The van der Waals surface area contributed by atoms with Crippen molar-refractivity contribution < 1.29 is 19.1 Å². The summed E-state index contributed by atoms with van der Waals surface area (Å²) in [5, 5.41) is 0.648. The molecular formula is C28H29N3O4S. The first-order valence-electron chi connectivity index (χ1n) is 11.8. The molecule has 4 rings (SSSR count). The number of rotatable bonds is 7. The molecule has 0 spiro atoms. The van der Waals surface area contributed by atoms with Crippen molar-refractivity contribution >= 4 is 40.6 Å². The third kappa shape index (κ3) is 5.09. The molecule has 1 aliphatic heterocycles. The highest BCUT2D eigenvalue weighted by molar-refractivity contribution is 8.18. The van der Waals surface area contributed by atoms with Crippen molar-refractivity contribution in [2.75, 3.05) is 20.3 Å². The Morgan fingerprint density at radius 1 is 1.08 bits per heavy atom. The maximum atomic E-state index is 13.2. The van der Waals surface area contributed by atoms with Crippen LogP contribution in [0.25, 0.3) is 11.8 Å². The maximum Gasteiger partial charge on any atom is 0.338 e. The molecule has 3 aromatic rings. The number of hydrogen-bond donors (Lipinski definition) is 0. The van der Waals surface area contributed by atoms with Crippen LogP contribution in [0.3, 0.4) is 0 Å². The molecule has 2 aromatic carbocycles. The summed E-state index contributed by atoms with van der Waals surface area (Å²) in [4.78, 5) is 32.4. The van der Waals surface area contributed by atoms with E-state index in [0.29, 0.717) is 28.8 Å². The minimum Gasteiger partial charge on any atom is -0.497 e. The van der Waals surface area contributed by atoms with Crippen molar-refractivity contribution in [1.29, 1.82) is 0 Å². The first-order chi connectivity index (χ1) is 17.4. The Balaban J connectivity index is 1.66. The number of carbonyl (C=O) groups is 2. The van der Waals surface area contributed by atoms with Crippen LogP contribution in [0.5, 0.6) is 5.75 Å². The molecule has 36 heavy (non-hydrogen) atoms. The van der Waals surface area contributed by atoms with Gasteiger partial charge in [0.25, 0.3) is 5.91 Å². The normalized spacial score (nSPS) is 15.7. The SMILES string of the molecule is CCOC(=O)c1cccc(-n2c(C)cc(/C=C3\SC(=Nc4ccc(OC)cc4)N(CC)C3=O)c2C)c1. The summed E-state index contributed by atoms with van der Waals surface area (Å²) < 4.78 is 12.4. The molecule has 186 valence electrons. The van der Waals surface area contributed by atoms with E-state index in [4.69, 9.17) is 14.5 Å². The van der Waals surface area contributed by atoms with Crippen molar-refractivity contribution in [3.63, 3.8) is 0 Å². The number of ether oxygens (including phenoxy) is 2. The molecule has 2 heterocycles. The summed E-state index contributed by atoms with van der Waals surface area (Å²) in [6, 6.07) is 16.8. The highest BCUT2D eigenvalue weighted by Crippen LogP contribution is 2.35. The van der Waals surface area contributed by atoms with Crippen molar-refractivity contribution in [3.8, 4) is 11.4 Å². The highest BCUT2D eigenvalue weighted by atomic mass is 32.2. The summed E-state index contributed by atoms with van der Waals surface area (Å²) in [6.45, 7) is 8.59. The van der Waals surface area contributed by atoms with Gasteiger partial charge in [0.1, 0.15) is 5.75 Å². The number of aromatic nitrogens is 1. The van der Waals surface area contributed by atoms with Gasteiger partial charge >= 0.3 is 5.97 Å². The van der Waals surface area contributed by atoms with Crippen LogP contribution in [0.2, 0.25) is 0 Å². The number of hydrogen-bond acceptors (Lipinski definition) is 6. The number of amidine groups is 1. The molecule has 0 atom stereocenters. The van der Waals surface area contributed by atoms with E-state index in [2.05, 4.69) is 4.57 Å². The van der Waals surface area contributed by atoms with Gasteiger partial charge in [0, 0.05) is 23.6 Å². The minimum atomic E-state index is -0.347. The fourth-order valence-corrected chi connectivity index (χ4v) is 5.15. The first kappa shape index (κ1) is 25.3. The lowest BCUT2D eigenvalue weighted by Gasteiger charge is -2.12. The lowest BCUT2D eigenvalue weighted by Crippen LogP contribution is -2.28. The Morgan fingerprint density at radius 2 is 1.83 bits per heavy atom. The van der Waals surface area contributed by atoms with Gasteiger partial charge in [-0.25, -0.2) is 9.79 Å². The predicted molar refractivity (Wildman–Crippen MR) is 144 cm³/mol. The summed E-state index contributed by atoms with van der Waals surface area (Å²) in [5.74, 6) is 0.342. The molecule has 1 saturated heterocycles. The number of methoxy groups -OCH3 is 1. The average molecular weight is 504 g/mol. The second-order valence-electron chi connectivity index (χ2n) is 8.19. The summed E-state index contributed by atoms with van der Waals surface area (Å²) in [7, 11) is 1.62. The number of benzene rings is 2.